The van der Waals surface area contributed by atoms with Crippen molar-refractivity contribution in [3.05, 3.63) is 22.2 Å². The van der Waals surface area contributed by atoms with Crippen LogP contribution in [0.25, 0.3) is 0 Å². The van der Waals surface area contributed by atoms with Gasteiger partial charge in [0.15, 0.2) is 11.5 Å². The van der Waals surface area contributed by atoms with E-state index in [1.54, 1.807) is 0 Å². The fourth-order valence-corrected chi connectivity index (χ4v) is 3.39. The molecule has 0 aliphatic carbocycles. The van der Waals surface area contributed by atoms with E-state index in [1.807, 2.05) is 6.07 Å². The number of likely N-dealkylation sites (tertiary alicyclic amines) is 1. The van der Waals surface area contributed by atoms with Gasteiger partial charge in [-0.25, -0.2) is 0 Å². The summed E-state index contributed by atoms with van der Waals surface area (Å²) in [6.07, 6.45) is 5.37. The van der Waals surface area contributed by atoms with Crippen molar-refractivity contribution >= 4 is 15.9 Å². The number of nitrogens with zero attached hydrogens (tertiary/aromatic N) is 1. The maximum atomic E-state index is 5.42. The second-order valence-corrected chi connectivity index (χ2v) is 6.58. The predicted octanol–water partition coefficient (Wildman–Crippen LogP) is 3.14. The Bertz CT molecular complexity index is 476. The van der Waals surface area contributed by atoms with Gasteiger partial charge in [-0.3, -0.25) is 0 Å². The van der Waals surface area contributed by atoms with Crippen LogP contribution in [0.2, 0.25) is 0 Å². The maximum Gasteiger partial charge on any atom is 0.231 e. The van der Waals surface area contributed by atoms with Gasteiger partial charge in [-0.2, -0.15) is 0 Å². The minimum Gasteiger partial charge on any atom is -0.454 e. The first-order valence-corrected chi connectivity index (χ1v) is 8.63. The SMILES string of the molecule is Brc1cc2c(cc1CNCCCN1CCCCC1)OCO2. The molecule has 1 aromatic rings. The molecule has 0 radical (unpaired) electrons. The molecule has 2 aliphatic rings. The van der Waals surface area contributed by atoms with E-state index in [-0.39, 0.29) is 0 Å². The van der Waals surface area contributed by atoms with E-state index in [9.17, 15) is 0 Å². The van der Waals surface area contributed by atoms with Crippen LogP contribution in [-0.4, -0.2) is 37.9 Å². The molecular weight excluding hydrogens is 332 g/mol. The van der Waals surface area contributed by atoms with Crippen LogP contribution in [0.1, 0.15) is 31.2 Å². The van der Waals surface area contributed by atoms with Crippen LogP contribution >= 0.6 is 15.9 Å². The molecule has 1 N–H and O–H groups in total. The zero-order chi connectivity index (χ0) is 14.5. The van der Waals surface area contributed by atoms with Crippen molar-refractivity contribution in [1.29, 1.82) is 0 Å². The average molecular weight is 355 g/mol. The number of ether oxygens (including phenoxy) is 2. The van der Waals surface area contributed by atoms with Crippen molar-refractivity contribution in [1.82, 2.24) is 10.2 Å². The third-order valence-corrected chi connectivity index (χ3v) is 4.87. The minimum absolute atomic E-state index is 0.328. The molecule has 2 heterocycles. The van der Waals surface area contributed by atoms with Gasteiger partial charge in [-0.1, -0.05) is 22.4 Å². The van der Waals surface area contributed by atoms with Gasteiger partial charge in [0, 0.05) is 11.0 Å². The van der Waals surface area contributed by atoms with E-state index < -0.39 is 0 Å². The molecule has 0 amide bonds. The van der Waals surface area contributed by atoms with Crippen molar-refractivity contribution in [2.24, 2.45) is 0 Å². The highest BCUT2D eigenvalue weighted by Crippen LogP contribution is 2.36. The summed E-state index contributed by atoms with van der Waals surface area (Å²) in [7, 11) is 0. The molecule has 5 heteroatoms. The van der Waals surface area contributed by atoms with Crippen LogP contribution < -0.4 is 14.8 Å². The van der Waals surface area contributed by atoms with Crippen LogP contribution in [0, 0.1) is 0 Å². The molecule has 2 aliphatic heterocycles. The van der Waals surface area contributed by atoms with Gasteiger partial charge in [0.25, 0.3) is 0 Å². The molecule has 0 bridgehead atoms. The second-order valence-electron chi connectivity index (χ2n) is 5.73. The van der Waals surface area contributed by atoms with Gasteiger partial charge in [-0.05, 0) is 63.1 Å². The fraction of sp³-hybridized carbons (Fsp3) is 0.625. The van der Waals surface area contributed by atoms with Crippen molar-refractivity contribution in [3.8, 4) is 11.5 Å². The Labute approximate surface area is 134 Å². The fourth-order valence-electron chi connectivity index (χ4n) is 2.93. The minimum atomic E-state index is 0.328. The number of benzene rings is 1. The van der Waals surface area contributed by atoms with Crippen molar-refractivity contribution < 1.29 is 9.47 Å². The van der Waals surface area contributed by atoms with Gasteiger partial charge in [0.05, 0.1) is 0 Å². The van der Waals surface area contributed by atoms with E-state index in [1.165, 1.54) is 50.9 Å². The van der Waals surface area contributed by atoms with Crippen molar-refractivity contribution in [2.75, 3.05) is 33.0 Å². The molecule has 4 nitrogen and oxygen atoms in total. The lowest BCUT2D eigenvalue weighted by Crippen LogP contribution is -2.32. The molecule has 1 fully saturated rings. The van der Waals surface area contributed by atoms with Gasteiger partial charge >= 0.3 is 0 Å². The van der Waals surface area contributed by atoms with Crippen LogP contribution in [0.5, 0.6) is 11.5 Å². The molecule has 0 unspecified atom stereocenters. The number of rotatable bonds is 6. The number of hydrogen-bond acceptors (Lipinski definition) is 4. The second kappa shape index (κ2) is 7.47. The van der Waals surface area contributed by atoms with Crippen molar-refractivity contribution in [3.63, 3.8) is 0 Å². The van der Waals surface area contributed by atoms with E-state index in [4.69, 9.17) is 9.47 Å². The molecule has 1 aromatic carbocycles. The Morgan fingerprint density at radius 2 is 1.86 bits per heavy atom. The zero-order valence-electron chi connectivity index (χ0n) is 12.4. The maximum absolute atomic E-state index is 5.42. The highest BCUT2D eigenvalue weighted by atomic mass is 79.9. The summed E-state index contributed by atoms with van der Waals surface area (Å²) in [4.78, 5) is 2.58. The molecule has 1 saturated heterocycles. The lowest BCUT2D eigenvalue weighted by atomic mass is 10.1. The number of nitrogens with one attached hydrogen (secondary N) is 1. The lowest BCUT2D eigenvalue weighted by molar-refractivity contribution is 0.174. The summed E-state index contributed by atoms with van der Waals surface area (Å²) >= 11 is 3.60. The Morgan fingerprint density at radius 3 is 2.67 bits per heavy atom. The average Bonchev–Trinajstić information content (AvgIpc) is 2.95. The number of piperidine rings is 1. The normalized spacial score (nSPS) is 18.1. The van der Waals surface area contributed by atoms with Gasteiger partial charge in [0.2, 0.25) is 6.79 Å². The molecule has 0 atom stereocenters. The Morgan fingerprint density at radius 1 is 1.10 bits per heavy atom. The molecular formula is C16H23BrN2O2. The van der Waals surface area contributed by atoms with Gasteiger partial charge in [-0.15, -0.1) is 0 Å². The first kappa shape index (κ1) is 15.1. The standard InChI is InChI=1S/C16H23BrN2O2/c17-14-10-16-15(20-12-21-16)9-13(14)11-18-5-4-8-19-6-2-1-3-7-19/h9-10,18H,1-8,11-12H2. The predicted molar refractivity (Wildman–Crippen MR) is 86.9 cm³/mol. The highest BCUT2D eigenvalue weighted by Gasteiger charge is 2.16. The van der Waals surface area contributed by atoms with E-state index in [2.05, 4.69) is 32.2 Å². The first-order valence-electron chi connectivity index (χ1n) is 7.84. The summed E-state index contributed by atoms with van der Waals surface area (Å²) < 4.78 is 11.9. The Kier molecular flexibility index (Phi) is 5.38. The number of halogens is 1. The summed E-state index contributed by atoms with van der Waals surface area (Å²) in [6.45, 7) is 6.03. The monoisotopic (exact) mass is 354 g/mol. The highest BCUT2D eigenvalue weighted by molar-refractivity contribution is 9.10. The number of fused-ring (bicyclic) bond motifs is 1. The summed E-state index contributed by atoms with van der Waals surface area (Å²) in [5.74, 6) is 1.68. The van der Waals surface area contributed by atoms with Crippen LogP contribution in [0.4, 0.5) is 0 Å². The lowest BCUT2D eigenvalue weighted by Gasteiger charge is -2.26. The van der Waals surface area contributed by atoms with E-state index >= 15 is 0 Å². The third-order valence-electron chi connectivity index (χ3n) is 4.13. The molecule has 0 aromatic heterocycles. The molecule has 0 saturated carbocycles. The molecule has 116 valence electrons. The topological polar surface area (TPSA) is 33.7 Å². The Balaban J connectivity index is 1.39. The van der Waals surface area contributed by atoms with E-state index in [0.717, 1.165) is 29.1 Å². The summed E-state index contributed by atoms with van der Waals surface area (Å²) in [5, 5.41) is 3.52. The summed E-state index contributed by atoms with van der Waals surface area (Å²) in [5.41, 5.74) is 1.22. The smallest absolute Gasteiger partial charge is 0.231 e. The Hall–Kier alpha value is -0.780. The first-order chi connectivity index (χ1) is 10.3. The third kappa shape index (κ3) is 4.11. The van der Waals surface area contributed by atoms with Crippen LogP contribution in [0.3, 0.4) is 0 Å². The zero-order valence-corrected chi connectivity index (χ0v) is 14.0. The molecule has 0 spiro atoms. The van der Waals surface area contributed by atoms with E-state index in [0.29, 0.717) is 6.79 Å². The molecule has 21 heavy (non-hydrogen) atoms. The van der Waals surface area contributed by atoms with Crippen molar-refractivity contribution in [2.45, 2.75) is 32.2 Å². The quantitative estimate of drug-likeness (QED) is 0.795. The van der Waals surface area contributed by atoms with Gasteiger partial charge in [0.1, 0.15) is 0 Å². The molecule has 3 rings (SSSR count). The van der Waals surface area contributed by atoms with Gasteiger partial charge < -0.3 is 19.7 Å². The number of hydrogen-bond donors (Lipinski definition) is 1. The summed E-state index contributed by atoms with van der Waals surface area (Å²) in [6, 6.07) is 4.05. The van der Waals surface area contributed by atoms with Crippen LogP contribution in [0.15, 0.2) is 16.6 Å². The largest absolute Gasteiger partial charge is 0.454 e. The van der Waals surface area contributed by atoms with Crippen LogP contribution in [-0.2, 0) is 6.54 Å².